The third-order valence-corrected chi connectivity index (χ3v) is 2.09. The van der Waals surface area contributed by atoms with E-state index in [4.69, 9.17) is 16.3 Å². The van der Waals surface area contributed by atoms with Crippen molar-refractivity contribution in [3.05, 3.63) is 22.3 Å². The molecule has 0 spiro atoms. The first-order valence-corrected chi connectivity index (χ1v) is 4.35. The fraction of sp³-hybridized carbons (Fsp3) is 0.286. The molecule has 0 bridgehead atoms. The van der Waals surface area contributed by atoms with Gasteiger partial charge in [-0.15, -0.1) is 11.6 Å². The quantitative estimate of drug-likeness (QED) is 0.737. The van der Waals surface area contributed by atoms with E-state index in [0.29, 0.717) is 11.8 Å². The van der Waals surface area contributed by atoms with Crippen LogP contribution in [0.5, 0.6) is 5.88 Å². The minimum Gasteiger partial charge on any atom is -0.480 e. The van der Waals surface area contributed by atoms with Crippen molar-refractivity contribution in [2.24, 2.45) is 0 Å². The van der Waals surface area contributed by atoms with Crippen LogP contribution in [0.15, 0.2) is 16.7 Å². The maximum Gasteiger partial charge on any atom is 0.227 e. The highest BCUT2D eigenvalue weighted by atomic mass is 79.9. The van der Waals surface area contributed by atoms with Crippen molar-refractivity contribution < 1.29 is 4.74 Å². The number of alkyl halides is 1. The van der Waals surface area contributed by atoms with Gasteiger partial charge in [0.05, 0.1) is 11.6 Å². The lowest BCUT2D eigenvalue weighted by molar-refractivity contribution is 0.395. The van der Waals surface area contributed by atoms with Gasteiger partial charge in [-0.2, -0.15) is 0 Å². The first kappa shape index (κ1) is 8.81. The average Bonchev–Trinajstić information content (AvgIpc) is 2.04. The number of ether oxygens (including phenoxy) is 1. The summed E-state index contributed by atoms with van der Waals surface area (Å²) >= 11 is 8.89. The lowest BCUT2D eigenvalue weighted by Crippen LogP contribution is -1.89. The summed E-state index contributed by atoms with van der Waals surface area (Å²) in [6.45, 7) is 0. The Kier molecular flexibility index (Phi) is 3.15. The minimum absolute atomic E-state index is 0.468. The van der Waals surface area contributed by atoms with E-state index < -0.39 is 0 Å². The fourth-order valence-corrected chi connectivity index (χ4v) is 1.39. The second-order valence-corrected chi connectivity index (χ2v) is 3.09. The summed E-state index contributed by atoms with van der Waals surface area (Å²) in [5, 5.41) is 0. The maximum atomic E-state index is 5.59. The van der Waals surface area contributed by atoms with Crippen LogP contribution in [0.2, 0.25) is 0 Å². The van der Waals surface area contributed by atoms with Gasteiger partial charge in [-0.25, -0.2) is 4.98 Å². The number of halogens is 2. The number of methoxy groups -OCH3 is 1. The molecule has 0 atom stereocenters. The molecule has 0 aromatic carbocycles. The van der Waals surface area contributed by atoms with Crippen molar-refractivity contribution in [1.29, 1.82) is 0 Å². The molecule has 1 aromatic heterocycles. The standard InChI is InChI=1S/C7H7BrClNO/c1-11-7-6(8)2-5(3-9)4-10-7/h2,4H,3H2,1H3. The normalized spacial score (nSPS) is 9.73. The molecule has 2 nitrogen and oxygen atoms in total. The molecule has 0 saturated heterocycles. The van der Waals surface area contributed by atoms with E-state index in [1.165, 1.54) is 0 Å². The van der Waals surface area contributed by atoms with Crippen LogP contribution in [-0.4, -0.2) is 12.1 Å². The number of hydrogen-bond donors (Lipinski definition) is 0. The van der Waals surface area contributed by atoms with Crippen LogP contribution >= 0.6 is 27.5 Å². The first-order chi connectivity index (χ1) is 5.27. The summed E-state index contributed by atoms with van der Waals surface area (Å²) in [6, 6.07) is 1.89. The van der Waals surface area contributed by atoms with Crippen molar-refractivity contribution in [1.82, 2.24) is 4.98 Å². The SMILES string of the molecule is COc1ncc(CCl)cc1Br. The number of nitrogens with zero attached hydrogens (tertiary/aromatic N) is 1. The van der Waals surface area contributed by atoms with Crippen LogP contribution in [0, 0.1) is 0 Å². The number of aromatic nitrogens is 1. The molecule has 1 rings (SSSR count). The predicted octanol–water partition coefficient (Wildman–Crippen LogP) is 2.59. The third kappa shape index (κ3) is 2.07. The summed E-state index contributed by atoms with van der Waals surface area (Å²) in [4.78, 5) is 4.01. The molecule has 0 aliphatic carbocycles. The Hall–Kier alpha value is -0.280. The van der Waals surface area contributed by atoms with Crippen molar-refractivity contribution in [3.63, 3.8) is 0 Å². The zero-order valence-electron chi connectivity index (χ0n) is 5.97. The van der Waals surface area contributed by atoms with Gasteiger partial charge >= 0.3 is 0 Å². The maximum absolute atomic E-state index is 5.59. The van der Waals surface area contributed by atoms with Gasteiger partial charge in [0.1, 0.15) is 0 Å². The van der Waals surface area contributed by atoms with E-state index in [1.807, 2.05) is 6.07 Å². The molecule has 0 fully saturated rings. The molecule has 1 aromatic rings. The third-order valence-electron chi connectivity index (χ3n) is 1.21. The topological polar surface area (TPSA) is 22.1 Å². The molecule has 0 aliphatic heterocycles. The molecule has 0 saturated carbocycles. The van der Waals surface area contributed by atoms with Crippen LogP contribution in [-0.2, 0) is 5.88 Å². The minimum atomic E-state index is 0.468. The molecule has 0 aliphatic rings. The van der Waals surface area contributed by atoms with Gasteiger partial charge in [0, 0.05) is 12.1 Å². The lowest BCUT2D eigenvalue weighted by atomic mass is 10.3. The molecule has 1 heterocycles. The van der Waals surface area contributed by atoms with E-state index in [9.17, 15) is 0 Å². The molecule has 0 radical (unpaired) electrons. The van der Waals surface area contributed by atoms with Gasteiger partial charge in [-0.05, 0) is 27.6 Å². The van der Waals surface area contributed by atoms with Crippen LogP contribution in [0.25, 0.3) is 0 Å². The number of pyridine rings is 1. The second-order valence-electron chi connectivity index (χ2n) is 1.97. The Morgan fingerprint density at radius 2 is 2.45 bits per heavy atom. The average molecular weight is 236 g/mol. The molecule has 60 valence electrons. The van der Waals surface area contributed by atoms with Crippen molar-refractivity contribution in [3.8, 4) is 5.88 Å². The summed E-state index contributed by atoms with van der Waals surface area (Å²) in [5.74, 6) is 1.05. The van der Waals surface area contributed by atoms with Gasteiger partial charge < -0.3 is 4.74 Å². The largest absolute Gasteiger partial charge is 0.480 e. The van der Waals surface area contributed by atoms with Crippen LogP contribution in [0.4, 0.5) is 0 Å². The highest BCUT2D eigenvalue weighted by Crippen LogP contribution is 2.22. The first-order valence-electron chi connectivity index (χ1n) is 3.02. The molecular weight excluding hydrogens is 229 g/mol. The lowest BCUT2D eigenvalue weighted by Gasteiger charge is -2.01. The predicted molar refractivity (Wildman–Crippen MR) is 48.0 cm³/mol. The summed E-state index contributed by atoms with van der Waals surface area (Å²) in [5.41, 5.74) is 0.972. The molecule has 4 heteroatoms. The number of hydrogen-bond acceptors (Lipinski definition) is 2. The van der Waals surface area contributed by atoms with Crippen LogP contribution in [0.1, 0.15) is 5.56 Å². The van der Waals surface area contributed by atoms with E-state index >= 15 is 0 Å². The Balaban J connectivity index is 2.99. The summed E-state index contributed by atoms with van der Waals surface area (Å²) in [6.07, 6.45) is 1.69. The summed E-state index contributed by atoms with van der Waals surface area (Å²) in [7, 11) is 1.58. The Morgan fingerprint density at radius 3 is 2.91 bits per heavy atom. The smallest absolute Gasteiger partial charge is 0.227 e. The highest BCUT2D eigenvalue weighted by molar-refractivity contribution is 9.10. The zero-order chi connectivity index (χ0) is 8.27. The van der Waals surface area contributed by atoms with Gasteiger partial charge in [0.15, 0.2) is 0 Å². The van der Waals surface area contributed by atoms with Crippen molar-refractivity contribution in [2.75, 3.05) is 7.11 Å². The molecule has 11 heavy (non-hydrogen) atoms. The second kappa shape index (κ2) is 3.93. The zero-order valence-corrected chi connectivity index (χ0v) is 8.32. The van der Waals surface area contributed by atoms with Gasteiger partial charge in [-0.1, -0.05) is 0 Å². The van der Waals surface area contributed by atoms with Crippen molar-refractivity contribution in [2.45, 2.75) is 5.88 Å². The van der Waals surface area contributed by atoms with Gasteiger partial charge in [-0.3, -0.25) is 0 Å². The highest BCUT2D eigenvalue weighted by Gasteiger charge is 2.00. The van der Waals surface area contributed by atoms with Gasteiger partial charge in [0.2, 0.25) is 5.88 Å². The summed E-state index contributed by atoms with van der Waals surface area (Å²) < 4.78 is 5.78. The monoisotopic (exact) mass is 235 g/mol. The number of rotatable bonds is 2. The van der Waals surface area contributed by atoms with E-state index in [2.05, 4.69) is 20.9 Å². The molecule has 0 N–H and O–H groups in total. The molecular formula is C7H7BrClNO. The molecule has 0 amide bonds. The van der Waals surface area contributed by atoms with E-state index in [-0.39, 0.29) is 0 Å². The Morgan fingerprint density at radius 1 is 1.73 bits per heavy atom. The Labute approximate surface area is 78.7 Å². The Bertz CT molecular complexity index is 254. The van der Waals surface area contributed by atoms with Crippen molar-refractivity contribution >= 4 is 27.5 Å². The van der Waals surface area contributed by atoms with Crippen LogP contribution in [0.3, 0.4) is 0 Å². The van der Waals surface area contributed by atoms with Gasteiger partial charge in [0.25, 0.3) is 0 Å². The fourth-order valence-electron chi connectivity index (χ4n) is 0.688. The van der Waals surface area contributed by atoms with Crippen LogP contribution < -0.4 is 4.74 Å². The van der Waals surface area contributed by atoms with E-state index in [0.717, 1.165) is 10.0 Å². The van der Waals surface area contributed by atoms with E-state index in [1.54, 1.807) is 13.3 Å². The molecule has 0 unspecified atom stereocenters.